The number of benzene rings is 1. The van der Waals surface area contributed by atoms with Gasteiger partial charge in [-0.25, -0.2) is 0 Å². The van der Waals surface area contributed by atoms with E-state index in [1.807, 2.05) is 30.8 Å². The Hall–Kier alpha value is -2.63. The smallest absolute Gasteiger partial charge is 0.321 e. The highest BCUT2D eigenvalue weighted by Gasteiger charge is 2.43. The molecule has 6 heteroatoms. The van der Waals surface area contributed by atoms with Crippen molar-refractivity contribution in [3.63, 3.8) is 0 Å². The largest absolute Gasteiger partial charge is 0.426 e. The predicted molar refractivity (Wildman–Crippen MR) is 125 cm³/mol. The van der Waals surface area contributed by atoms with Crippen molar-refractivity contribution in [2.45, 2.75) is 91.6 Å². The van der Waals surface area contributed by atoms with Crippen molar-refractivity contribution in [2.24, 2.45) is 5.92 Å². The summed E-state index contributed by atoms with van der Waals surface area (Å²) in [6.45, 7) is 11.2. The van der Waals surface area contributed by atoms with Gasteiger partial charge in [-0.2, -0.15) is 0 Å². The molecule has 0 saturated heterocycles. The Morgan fingerprint density at radius 2 is 1.81 bits per heavy atom. The number of nitrogens with zero attached hydrogens (tertiary/aromatic N) is 2. The molecule has 0 amide bonds. The van der Waals surface area contributed by atoms with E-state index in [-0.39, 0.29) is 18.3 Å². The Morgan fingerprint density at radius 3 is 2.47 bits per heavy atom. The van der Waals surface area contributed by atoms with Crippen molar-refractivity contribution in [3.05, 3.63) is 46.8 Å². The zero-order valence-corrected chi connectivity index (χ0v) is 20.2. The maximum Gasteiger partial charge on any atom is 0.321 e. The van der Waals surface area contributed by atoms with E-state index in [1.165, 1.54) is 0 Å². The first-order valence-corrected chi connectivity index (χ1v) is 12.0. The standard InChI is InChI=1S/C26H37N3O3/c1-6-9-10-20-19(11-12-22-23(20)26(4,5)24(31)32-22)21(30)17-29-16-15-28(25(29)27)14-13-18(7-2)8-3/h11-12,15-16,18,27H,6-10,13-14,17H2,1-5H3. The molecule has 1 aromatic carbocycles. The van der Waals surface area contributed by atoms with Crippen LogP contribution in [-0.4, -0.2) is 20.9 Å². The maximum absolute atomic E-state index is 13.4. The van der Waals surface area contributed by atoms with Gasteiger partial charge in [0.15, 0.2) is 5.78 Å². The van der Waals surface area contributed by atoms with E-state index < -0.39 is 5.41 Å². The van der Waals surface area contributed by atoms with Crippen LogP contribution in [0.5, 0.6) is 5.75 Å². The molecule has 0 bridgehead atoms. The quantitative estimate of drug-likeness (QED) is 0.303. The lowest BCUT2D eigenvalue weighted by atomic mass is 9.79. The molecule has 0 fully saturated rings. The van der Waals surface area contributed by atoms with Crippen molar-refractivity contribution in [3.8, 4) is 5.75 Å². The Balaban J connectivity index is 1.87. The summed E-state index contributed by atoms with van der Waals surface area (Å²) in [5.41, 5.74) is 1.99. The number of hydrogen-bond donors (Lipinski definition) is 1. The second kappa shape index (κ2) is 9.88. The summed E-state index contributed by atoms with van der Waals surface area (Å²) in [5.74, 6) is 0.925. The number of imidazole rings is 1. The van der Waals surface area contributed by atoms with Gasteiger partial charge >= 0.3 is 5.97 Å². The van der Waals surface area contributed by atoms with Gasteiger partial charge in [0.25, 0.3) is 0 Å². The Labute approximate surface area is 191 Å². The number of hydrogen-bond acceptors (Lipinski definition) is 4. The van der Waals surface area contributed by atoms with E-state index in [9.17, 15) is 9.59 Å². The van der Waals surface area contributed by atoms with Crippen LogP contribution in [0, 0.1) is 11.3 Å². The number of aromatic nitrogens is 2. The second-order valence-corrected chi connectivity index (χ2v) is 9.42. The lowest BCUT2D eigenvalue weighted by Crippen LogP contribution is -2.29. The highest BCUT2D eigenvalue weighted by atomic mass is 16.5. The summed E-state index contributed by atoms with van der Waals surface area (Å²) in [6.07, 6.45) is 9.71. The first-order chi connectivity index (χ1) is 15.2. The minimum absolute atomic E-state index is 0.0368. The van der Waals surface area contributed by atoms with Crippen LogP contribution in [0.15, 0.2) is 24.5 Å². The van der Waals surface area contributed by atoms with Crippen molar-refractivity contribution in [1.82, 2.24) is 9.13 Å². The average Bonchev–Trinajstić information content (AvgIpc) is 3.22. The average molecular weight is 440 g/mol. The summed E-state index contributed by atoms with van der Waals surface area (Å²) >= 11 is 0. The lowest BCUT2D eigenvalue weighted by molar-refractivity contribution is -0.137. The third kappa shape index (κ3) is 4.59. The van der Waals surface area contributed by atoms with Gasteiger partial charge in [0.1, 0.15) is 5.75 Å². The van der Waals surface area contributed by atoms with Crippen molar-refractivity contribution in [1.29, 1.82) is 5.41 Å². The molecule has 1 aliphatic heterocycles. The second-order valence-electron chi connectivity index (χ2n) is 9.42. The molecule has 0 radical (unpaired) electrons. The van der Waals surface area contributed by atoms with Gasteiger partial charge in [-0.3, -0.25) is 15.0 Å². The van der Waals surface area contributed by atoms with Crippen LogP contribution in [0.2, 0.25) is 0 Å². The van der Waals surface area contributed by atoms with Crippen molar-refractivity contribution >= 4 is 11.8 Å². The number of carbonyl (C=O) groups excluding carboxylic acids is 2. The summed E-state index contributed by atoms with van der Waals surface area (Å²) in [6, 6.07) is 3.53. The van der Waals surface area contributed by atoms with E-state index in [0.29, 0.717) is 22.8 Å². The summed E-state index contributed by atoms with van der Waals surface area (Å²) in [5, 5.41) is 8.53. The number of ether oxygens (including phenoxy) is 1. The van der Waals surface area contributed by atoms with Gasteiger partial charge in [-0.05, 0) is 56.7 Å². The topological polar surface area (TPSA) is 77.1 Å². The third-order valence-electron chi connectivity index (χ3n) is 6.91. The van der Waals surface area contributed by atoms with Crippen molar-refractivity contribution in [2.75, 3.05) is 0 Å². The number of ketones is 1. The molecule has 0 saturated carbocycles. The van der Waals surface area contributed by atoms with Gasteiger partial charge in [0.2, 0.25) is 5.62 Å². The van der Waals surface area contributed by atoms with E-state index in [2.05, 4.69) is 20.8 Å². The molecule has 32 heavy (non-hydrogen) atoms. The monoisotopic (exact) mass is 439 g/mol. The molecule has 0 atom stereocenters. The molecule has 2 aromatic rings. The number of Topliss-reactive ketones (excluding diaryl/α,β-unsaturated/α-hetero) is 1. The third-order valence-corrected chi connectivity index (χ3v) is 6.91. The van der Waals surface area contributed by atoms with Gasteiger partial charge in [0, 0.05) is 30.1 Å². The minimum atomic E-state index is -0.763. The molecule has 0 unspecified atom stereocenters. The van der Waals surface area contributed by atoms with Crippen LogP contribution in [-0.2, 0) is 29.7 Å². The first-order valence-electron chi connectivity index (χ1n) is 12.0. The van der Waals surface area contributed by atoms with Crippen LogP contribution in [0.1, 0.15) is 88.2 Å². The molecular weight excluding hydrogens is 402 g/mol. The summed E-state index contributed by atoms with van der Waals surface area (Å²) < 4.78 is 9.12. The van der Waals surface area contributed by atoms with Crippen LogP contribution < -0.4 is 10.4 Å². The van der Waals surface area contributed by atoms with Gasteiger partial charge in [-0.1, -0.05) is 40.0 Å². The predicted octanol–water partition coefficient (Wildman–Crippen LogP) is 5.02. The molecular formula is C26H37N3O3. The molecule has 3 rings (SSSR count). The van der Waals surface area contributed by atoms with Crippen LogP contribution in [0.25, 0.3) is 0 Å². The number of fused-ring (bicyclic) bond motifs is 1. The lowest BCUT2D eigenvalue weighted by Gasteiger charge is -2.20. The number of carbonyl (C=O) groups is 2. The molecule has 2 heterocycles. The number of unbranched alkanes of at least 4 members (excludes halogenated alkanes) is 1. The van der Waals surface area contributed by atoms with Crippen LogP contribution in [0.3, 0.4) is 0 Å². The van der Waals surface area contributed by atoms with E-state index in [0.717, 1.165) is 56.2 Å². The van der Waals surface area contributed by atoms with E-state index >= 15 is 0 Å². The molecule has 1 aliphatic rings. The zero-order valence-electron chi connectivity index (χ0n) is 20.2. The SMILES string of the molecule is CCCCc1c(C(=O)Cn2ccn(CCC(CC)CC)c2=N)ccc2c1C(C)(C)C(=O)O2. The zero-order chi connectivity index (χ0) is 23.5. The van der Waals surface area contributed by atoms with Gasteiger partial charge < -0.3 is 13.9 Å². The molecule has 1 N–H and O–H groups in total. The summed E-state index contributed by atoms with van der Waals surface area (Å²) in [7, 11) is 0. The molecule has 174 valence electrons. The molecule has 0 spiro atoms. The van der Waals surface area contributed by atoms with Gasteiger partial charge in [0.05, 0.1) is 12.0 Å². The number of aryl methyl sites for hydroxylation is 1. The van der Waals surface area contributed by atoms with E-state index in [4.69, 9.17) is 10.1 Å². The molecule has 6 nitrogen and oxygen atoms in total. The fourth-order valence-electron chi connectivity index (χ4n) is 4.63. The molecule has 1 aromatic heterocycles. The Bertz CT molecular complexity index is 1040. The number of nitrogens with one attached hydrogen (secondary N) is 1. The summed E-state index contributed by atoms with van der Waals surface area (Å²) in [4.78, 5) is 25.8. The van der Waals surface area contributed by atoms with Gasteiger partial charge in [-0.15, -0.1) is 0 Å². The highest BCUT2D eigenvalue weighted by molar-refractivity contribution is 6.00. The maximum atomic E-state index is 13.4. The Morgan fingerprint density at radius 1 is 1.12 bits per heavy atom. The van der Waals surface area contributed by atoms with E-state index in [1.54, 1.807) is 16.7 Å². The highest BCUT2D eigenvalue weighted by Crippen LogP contribution is 2.43. The molecule has 0 aliphatic carbocycles. The fourth-order valence-corrected chi connectivity index (χ4v) is 4.63. The first kappa shape index (κ1) is 24.0. The normalized spacial score (nSPS) is 14.6. The fraction of sp³-hybridized carbons (Fsp3) is 0.577. The van der Waals surface area contributed by atoms with Crippen molar-refractivity contribution < 1.29 is 14.3 Å². The minimum Gasteiger partial charge on any atom is -0.426 e. The van der Waals surface area contributed by atoms with Crippen LogP contribution in [0.4, 0.5) is 0 Å². The Kier molecular flexibility index (Phi) is 7.42. The van der Waals surface area contributed by atoms with Crippen LogP contribution >= 0.6 is 0 Å². The number of rotatable bonds is 11. The number of esters is 1.